The van der Waals surface area contributed by atoms with Crippen LogP contribution < -0.4 is 15.8 Å². The molecule has 5 heteroatoms. The lowest BCUT2D eigenvalue weighted by molar-refractivity contribution is -0.124. The summed E-state index contributed by atoms with van der Waals surface area (Å²) >= 11 is 0. The Morgan fingerprint density at radius 3 is 2.22 bits per heavy atom. The van der Waals surface area contributed by atoms with Gasteiger partial charge in [-0.05, 0) is 42.2 Å². The molecule has 0 saturated heterocycles. The number of hydrogen-bond acceptors (Lipinski definition) is 3. The molecule has 0 aliphatic carbocycles. The topological polar surface area (TPSA) is 79.2 Å². The number of carbonyl (C=O) groups is 2. The van der Waals surface area contributed by atoms with Gasteiger partial charge in [0.15, 0.2) is 6.61 Å². The first kappa shape index (κ1) is 23.0. The van der Waals surface area contributed by atoms with Crippen molar-refractivity contribution in [3.05, 3.63) is 29.3 Å². The first-order valence-corrected chi connectivity index (χ1v) is 9.74. The molecule has 0 spiro atoms. The van der Waals surface area contributed by atoms with Crippen LogP contribution in [0.15, 0.2) is 18.2 Å². The van der Waals surface area contributed by atoms with Crippen molar-refractivity contribution in [3.8, 4) is 5.75 Å². The molecule has 0 aliphatic heterocycles. The van der Waals surface area contributed by atoms with E-state index in [0.29, 0.717) is 0 Å². The van der Waals surface area contributed by atoms with Crippen LogP contribution in [0.2, 0.25) is 0 Å². The fourth-order valence-electron chi connectivity index (χ4n) is 2.79. The molecular weight excluding hydrogens is 340 g/mol. The summed E-state index contributed by atoms with van der Waals surface area (Å²) in [6.45, 7) is 14.7. The van der Waals surface area contributed by atoms with Crippen molar-refractivity contribution in [2.75, 3.05) is 6.61 Å². The van der Waals surface area contributed by atoms with Crippen molar-refractivity contribution in [2.24, 2.45) is 0 Å². The molecule has 1 radical (unpaired) electrons. The summed E-state index contributed by atoms with van der Waals surface area (Å²) in [5, 5.41) is 2.69. The van der Waals surface area contributed by atoms with Crippen LogP contribution in [0, 0.1) is 0 Å². The molecular formula is C22H35N2O3. The zero-order valence-corrected chi connectivity index (χ0v) is 17.9. The van der Waals surface area contributed by atoms with Gasteiger partial charge < -0.3 is 10.1 Å². The van der Waals surface area contributed by atoms with Crippen molar-refractivity contribution in [1.82, 2.24) is 11.1 Å². The van der Waals surface area contributed by atoms with Gasteiger partial charge in [-0.1, -0.05) is 53.7 Å². The maximum absolute atomic E-state index is 12.1. The molecule has 0 bridgehead atoms. The second-order valence-corrected chi connectivity index (χ2v) is 8.57. The van der Waals surface area contributed by atoms with Crippen molar-refractivity contribution in [2.45, 2.75) is 84.6 Å². The molecule has 0 saturated carbocycles. The van der Waals surface area contributed by atoms with E-state index in [4.69, 9.17) is 10.5 Å². The quantitative estimate of drug-likeness (QED) is 0.667. The monoisotopic (exact) mass is 375 g/mol. The Labute approximate surface area is 164 Å². The van der Waals surface area contributed by atoms with Gasteiger partial charge in [-0.15, -0.1) is 0 Å². The number of amides is 2. The summed E-state index contributed by atoms with van der Waals surface area (Å²) in [6.07, 6.45) is 1.99. The number of ether oxygens (including phenoxy) is 1. The van der Waals surface area contributed by atoms with E-state index in [9.17, 15) is 9.59 Å². The Kier molecular flexibility index (Phi) is 7.88. The highest BCUT2D eigenvalue weighted by molar-refractivity contribution is 5.79. The van der Waals surface area contributed by atoms with E-state index in [2.05, 4.69) is 59.0 Å². The molecule has 2 N–H and O–H groups in total. The molecule has 5 nitrogen and oxygen atoms in total. The highest BCUT2D eigenvalue weighted by Gasteiger charge is 2.27. The minimum Gasteiger partial charge on any atom is -0.483 e. The normalized spacial score (nSPS) is 13.1. The second kappa shape index (κ2) is 9.25. The standard InChI is InChI=1S/C22H35N2O3/c1-8-21(4,5)16-10-11-18(17(13-16)22(6,7)9-2)27-14-20(26)24-15(3)12-19(23)25/h10-11,13,15,23H,8-9,12,14H2,1-7H3,(H,24,26). The second-order valence-electron chi connectivity index (χ2n) is 8.57. The maximum atomic E-state index is 12.1. The molecule has 0 aromatic heterocycles. The average molecular weight is 376 g/mol. The Morgan fingerprint density at radius 1 is 1.11 bits per heavy atom. The maximum Gasteiger partial charge on any atom is 0.258 e. The summed E-state index contributed by atoms with van der Waals surface area (Å²) in [5.74, 6) is -0.260. The number of carbonyl (C=O) groups excluding carboxylic acids is 2. The van der Waals surface area contributed by atoms with Gasteiger partial charge in [-0.2, -0.15) is 0 Å². The summed E-state index contributed by atoms with van der Waals surface area (Å²) in [4.78, 5) is 22.9. The molecule has 0 heterocycles. The van der Waals surface area contributed by atoms with Crippen molar-refractivity contribution >= 4 is 11.8 Å². The van der Waals surface area contributed by atoms with Gasteiger partial charge in [0, 0.05) is 18.0 Å². The largest absolute Gasteiger partial charge is 0.483 e. The van der Waals surface area contributed by atoms with Crippen LogP contribution in [0.1, 0.15) is 78.9 Å². The van der Waals surface area contributed by atoms with Crippen LogP contribution in [-0.2, 0) is 20.4 Å². The third kappa shape index (κ3) is 6.56. The zero-order chi connectivity index (χ0) is 20.8. The van der Waals surface area contributed by atoms with Gasteiger partial charge in [0.1, 0.15) is 5.75 Å². The number of nitrogens with one attached hydrogen (secondary N) is 2. The lowest BCUT2D eigenvalue weighted by Crippen LogP contribution is -2.37. The highest BCUT2D eigenvalue weighted by atomic mass is 16.5. The van der Waals surface area contributed by atoms with Crippen LogP contribution in [0.4, 0.5) is 0 Å². The Bertz CT molecular complexity index is 666. The molecule has 1 aromatic carbocycles. The van der Waals surface area contributed by atoms with Gasteiger partial charge in [0.25, 0.3) is 5.91 Å². The van der Waals surface area contributed by atoms with Crippen molar-refractivity contribution in [1.29, 1.82) is 0 Å². The van der Waals surface area contributed by atoms with Gasteiger partial charge in [-0.25, -0.2) is 0 Å². The van der Waals surface area contributed by atoms with Gasteiger partial charge in [0.2, 0.25) is 5.91 Å². The van der Waals surface area contributed by atoms with Gasteiger partial charge in [0.05, 0.1) is 0 Å². The molecule has 0 fully saturated rings. The minimum absolute atomic E-state index is 0.000648. The molecule has 1 rings (SSSR count). The first-order chi connectivity index (χ1) is 12.4. The lowest BCUT2D eigenvalue weighted by Gasteiger charge is -2.30. The summed E-state index contributed by atoms with van der Waals surface area (Å²) < 4.78 is 5.85. The van der Waals surface area contributed by atoms with E-state index in [1.54, 1.807) is 6.92 Å². The molecule has 1 unspecified atom stereocenters. The number of hydrogen-bond donors (Lipinski definition) is 1. The van der Waals surface area contributed by atoms with Gasteiger partial charge in [-0.3, -0.25) is 15.3 Å². The predicted molar refractivity (Wildman–Crippen MR) is 109 cm³/mol. The smallest absolute Gasteiger partial charge is 0.258 e. The fourth-order valence-corrected chi connectivity index (χ4v) is 2.79. The highest BCUT2D eigenvalue weighted by Crippen LogP contribution is 2.38. The summed E-state index contributed by atoms with van der Waals surface area (Å²) in [5.41, 5.74) is 9.34. The van der Waals surface area contributed by atoms with Crippen LogP contribution in [0.5, 0.6) is 5.75 Å². The van der Waals surface area contributed by atoms with Crippen LogP contribution >= 0.6 is 0 Å². The minimum atomic E-state index is -0.690. The van der Waals surface area contributed by atoms with E-state index in [0.717, 1.165) is 24.2 Å². The molecule has 2 amide bonds. The first-order valence-electron chi connectivity index (χ1n) is 9.74. The van der Waals surface area contributed by atoms with E-state index in [1.165, 1.54) is 5.56 Å². The van der Waals surface area contributed by atoms with E-state index in [-0.39, 0.29) is 35.8 Å². The van der Waals surface area contributed by atoms with Crippen molar-refractivity contribution in [3.63, 3.8) is 0 Å². The lowest BCUT2D eigenvalue weighted by atomic mass is 9.76. The number of benzene rings is 1. The van der Waals surface area contributed by atoms with E-state index >= 15 is 0 Å². The number of rotatable bonds is 10. The zero-order valence-electron chi connectivity index (χ0n) is 17.9. The summed E-state index contributed by atoms with van der Waals surface area (Å²) in [7, 11) is 0. The van der Waals surface area contributed by atoms with Gasteiger partial charge >= 0.3 is 0 Å². The van der Waals surface area contributed by atoms with Crippen LogP contribution in [0.3, 0.4) is 0 Å². The summed E-state index contributed by atoms with van der Waals surface area (Å²) in [6, 6.07) is 5.88. The third-order valence-electron chi connectivity index (χ3n) is 5.52. The van der Waals surface area contributed by atoms with E-state index < -0.39 is 5.91 Å². The Balaban J connectivity index is 3.00. The molecule has 1 aromatic rings. The van der Waals surface area contributed by atoms with Crippen LogP contribution in [0.25, 0.3) is 0 Å². The van der Waals surface area contributed by atoms with E-state index in [1.807, 2.05) is 6.07 Å². The molecule has 1 atom stereocenters. The molecule has 27 heavy (non-hydrogen) atoms. The molecule has 0 aliphatic rings. The predicted octanol–water partition coefficient (Wildman–Crippen LogP) is 4.14. The molecule has 151 valence electrons. The Morgan fingerprint density at radius 2 is 1.70 bits per heavy atom. The van der Waals surface area contributed by atoms with Crippen molar-refractivity contribution < 1.29 is 14.3 Å². The SMILES string of the molecule is CCC(C)(C)c1ccc(OCC(=O)NC(C)CC([NH])=O)c(C(C)(C)CC)c1. The average Bonchev–Trinajstić information content (AvgIpc) is 2.58. The van der Waals surface area contributed by atoms with Crippen LogP contribution in [-0.4, -0.2) is 24.5 Å². The fraction of sp³-hybridized carbons (Fsp3) is 0.636. The third-order valence-corrected chi connectivity index (χ3v) is 5.52. The Hall–Kier alpha value is -2.04.